The highest BCUT2D eigenvalue weighted by Crippen LogP contribution is 2.43. The van der Waals surface area contributed by atoms with Crippen molar-refractivity contribution in [3.63, 3.8) is 0 Å². The maximum Gasteiger partial charge on any atom is 0.195 e. The fraction of sp³-hybridized carbons (Fsp3) is 0. The van der Waals surface area contributed by atoms with Crippen LogP contribution in [-0.2, 0) is 0 Å². The molecule has 9 aromatic carbocycles. The molecule has 0 unspecified atom stereocenters. The highest BCUT2D eigenvalue weighted by molar-refractivity contribution is 7.23. The number of aromatic nitrogens is 4. The minimum Gasteiger partial charge on any atom is -0.309 e. The van der Waals surface area contributed by atoms with Crippen LogP contribution >= 0.6 is 11.3 Å². The number of para-hydroxylation sites is 3. The minimum absolute atomic E-state index is 0.980. The van der Waals surface area contributed by atoms with E-state index in [1.165, 1.54) is 70.6 Å². The highest BCUT2D eigenvalue weighted by Gasteiger charge is 2.23. The molecule has 0 aliphatic heterocycles. The van der Waals surface area contributed by atoms with Gasteiger partial charge in [-0.1, -0.05) is 151 Å². The Balaban J connectivity index is 1.03. The molecule has 0 spiro atoms. The van der Waals surface area contributed by atoms with Gasteiger partial charge in [0.25, 0.3) is 0 Å². The molecule has 5 heteroatoms. The SMILES string of the molecule is c1ccc(-c2ccc3sc4nc(-c5ccc6c(c5)c5cc(-c7ccc8c(c7)c7ccccc7n8-c7ccccc7)ccc5n6-c5ccccc5)c(-c5ccccc5)n4c3c2)cc1. The summed E-state index contributed by atoms with van der Waals surface area (Å²) in [6, 6.07) is 79.1. The summed E-state index contributed by atoms with van der Waals surface area (Å²) in [5.74, 6) is 0. The number of hydrogen-bond acceptors (Lipinski definition) is 2. The Kier molecular flexibility index (Phi) is 7.74. The van der Waals surface area contributed by atoms with Gasteiger partial charge in [0.1, 0.15) is 0 Å². The topological polar surface area (TPSA) is 27.2 Å². The molecule has 0 radical (unpaired) electrons. The van der Waals surface area contributed by atoms with E-state index >= 15 is 0 Å². The van der Waals surface area contributed by atoms with Crippen LogP contribution in [0.4, 0.5) is 0 Å². The predicted octanol–water partition coefficient (Wildman–Crippen LogP) is 15.4. The van der Waals surface area contributed by atoms with Crippen LogP contribution in [0.2, 0.25) is 0 Å². The first kappa shape index (κ1) is 34.8. The third-order valence-corrected chi connectivity index (χ3v) is 13.5. The molecule has 0 bridgehead atoms. The molecule has 0 atom stereocenters. The zero-order valence-electron chi connectivity index (χ0n) is 33.5. The molecular weight excluding hydrogens is 773 g/mol. The van der Waals surface area contributed by atoms with Crippen LogP contribution in [0, 0.1) is 0 Å². The van der Waals surface area contributed by atoms with Crippen molar-refractivity contribution >= 4 is 70.1 Å². The maximum absolute atomic E-state index is 5.47. The summed E-state index contributed by atoms with van der Waals surface area (Å²) in [6.45, 7) is 0. The van der Waals surface area contributed by atoms with Crippen molar-refractivity contribution in [1.82, 2.24) is 18.5 Å². The molecule has 13 rings (SSSR count). The average Bonchev–Trinajstić information content (AvgIpc) is 4.08. The summed E-state index contributed by atoms with van der Waals surface area (Å²) in [5, 5.41) is 4.89. The Hall–Kier alpha value is -7.99. The first-order valence-corrected chi connectivity index (χ1v) is 21.9. The second kappa shape index (κ2) is 13.8. The molecule has 290 valence electrons. The summed E-state index contributed by atoms with van der Waals surface area (Å²) >= 11 is 1.74. The fourth-order valence-corrected chi connectivity index (χ4v) is 10.7. The van der Waals surface area contributed by atoms with Crippen LogP contribution < -0.4 is 0 Å². The quantitative estimate of drug-likeness (QED) is 0.164. The van der Waals surface area contributed by atoms with E-state index in [-0.39, 0.29) is 0 Å². The highest BCUT2D eigenvalue weighted by atomic mass is 32.1. The van der Waals surface area contributed by atoms with Crippen molar-refractivity contribution in [3.05, 3.63) is 218 Å². The van der Waals surface area contributed by atoms with Crippen LogP contribution in [0.5, 0.6) is 0 Å². The second-order valence-corrected chi connectivity index (χ2v) is 17.0. The van der Waals surface area contributed by atoms with E-state index in [0.717, 1.165) is 44.4 Å². The lowest BCUT2D eigenvalue weighted by Gasteiger charge is -2.09. The Morgan fingerprint density at radius 3 is 1.39 bits per heavy atom. The maximum atomic E-state index is 5.47. The standard InChI is InChI=1S/C57H36N4S/c1-5-15-37(16-6-1)41-28-32-54-53(36-41)61-56(38-17-7-2-8-18-38)55(58-57(61)62-54)42-27-31-52-48(35-42)47-34-40(26-30-51(47)60(52)44-21-11-4-12-22-44)39-25-29-50-46(33-39)45-23-13-14-24-49(45)59(50)43-19-9-3-10-20-43/h1-36H. The fourth-order valence-electron chi connectivity index (χ4n) is 9.66. The van der Waals surface area contributed by atoms with E-state index in [2.05, 4.69) is 232 Å². The van der Waals surface area contributed by atoms with Crippen molar-refractivity contribution in [2.45, 2.75) is 0 Å². The van der Waals surface area contributed by atoms with Gasteiger partial charge in [0.05, 0.1) is 43.7 Å². The molecular formula is C57H36N4S. The number of thiazole rings is 1. The first-order chi connectivity index (χ1) is 30.7. The lowest BCUT2D eigenvalue weighted by atomic mass is 9.99. The first-order valence-electron chi connectivity index (χ1n) is 21.0. The second-order valence-electron chi connectivity index (χ2n) is 16.0. The van der Waals surface area contributed by atoms with Crippen molar-refractivity contribution in [2.24, 2.45) is 0 Å². The van der Waals surface area contributed by atoms with Gasteiger partial charge in [0, 0.05) is 44.0 Å². The van der Waals surface area contributed by atoms with E-state index in [9.17, 15) is 0 Å². The summed E-state index contributed by atoms with van der Waals surface area (Å²) in [4.78, 5) is 6.45. The summed E-state index contributed by atoms with van der Waals surface area (Å²) < 4.78 is 8.36. The molecule has 0 amide bonds. The molecule has 0 saturated carbocycles. The number of nitrogens with zero attached hydrogens (tertiary/aromatic N) is 4. The molecule has 62 heavy (non-hydrogen) atoms. The third-order valence-electron chi connectivity index (χ3n) is 12.5. The lowest BCUT2D eigenvalue weighted by molar-refractivity contribution is 1.18. The molecule has 4 nitrogen and oxygen atoms in total. The zero-order chi connectivity index (χ0) is 40.7. The molecule has 13 aromatic rings. The Morgan fingerprint density at radius 2 is 0.774 bits per heavy atom. The van der Waals surface area contributed by atoms with Gasteiger partial charge in [0.2, 0.25) is 0 Å². The lowest BCUT2D eigenvalue weighted by Crippen LogP contribution is -1.93. The molecule has 0 saturated heterocycles. The van der Waals surface area contributed by atoms with Crippen LogP contribution in [0.3, 0.4) is 0 Å². The van der Waals surface area contributed by atoms with E-state index in [4.69, 9.17) is 4.98 Å². The van der Waals surface area contributed by atoms with Gasteiger partial charge in [-0.15, -0.1) is 0 Å². The van der Waals surface area contributed by atoms with Crippen molar-refractivity contribution < 1.29 is 0 Å². The number of imidazole rings is 1. The number of rotatable bonds is 6. The zero-order valence-corrected chi connectivity index (χ0v) is 34.3. The van der Waals surface area contributed by atoms with Crippen molar-refractivity contribution in [1.29, 1.82) is 0 Å². The normalized spacial score (nSPS) is 11.9. The van der Waals surface area contributed by atoms with Crippen LogP contribution in [0.25, 0.3) is 115 Å². The number of fused-ring (bicyclic) bond motifs is 9. The van der Waals surface area contributed by atoms with E-state index in [0.29, 0.717) is 0 Å². The third kappa shape index (κ3) is 5.35. The molecule has 4 heterocycles. The molecule has 0 aliphatic rings. The van der Waals surface area contributed by atoms with Gasteiger partial charge in [-0.25, -0.2) is 4.98 Å². The van der Waals surface area contributed by atoms with Gasteiger partial charge in [-0.3, -0.25) is 4.40 Å². The Bertz CT molecular complexity index is 3840. The minimum atomic E-state index is 0.980. The Morgan fingerprint density at radius 1 is 0.323 bits per heavy atom. The van der Waals surface area contributed by atoms with Crippen LogP contribution in [-0.4, -0.2) is 18.5 Å². The summed E-state index contributed by atoms with van der Waals surface area (Å²) in [7, 11) is 0. The molecule has 0 N–H and O–H groups in total. The monoisotopic (exact) mass is 808 g/mol. The predicted molar refractivity (Wildman–Crippen MR) is 261 cm³/mol. The molecule has 0 aliphatic carbocycles. The van der Waals surface area contributed by atoms with E-state index in [1.54, 1.807) is 11.3 Å². The average molecular weight is 809 g/mol. The van der Waals surface area contributed by atoms with Gasteiger partial charge >= 0.3 is 0 Å². The van der Waals surface area contributed by atoms with E-state index < -0.39 is 0 Å². The number of benzene rings is 9. The van der Waals surface area contributed by atoms with E-state index in [1.807, 2.05) is 0 Å². The smallest absolute Gasteiger partial charge is 0.195 e. The van der Waals surface area contributed by atoms with Crippen molar-refractivity contribution in [3.8, 4) is 56.1 Å². The molecule has 4 aromatic heterocycles. The Labute approximate surface area is 361 Å². The van der Waals surface area contributed by atoms with Gasteiger partial charge < -0.3 is 9.13 Å². The number of hydrogen-bond donors (Lipinski definition) is 0. The molecule has 0 fully saturated rings. The van der Waals surface area contributed by atoms with Gasteiger partial charge in [0.15, 0.2) is 4.96 Å². The summed E-state index contributed by atoms with van der Waals surface area (Å²) in [5.41, 5.74) is 17.3. The summed E-state index contributed by atoms with van der Waals surface area (Å²) in [6.07, 6.45) is 0. The van der Waals surface area contributed by atoms with Gasteiger partial charge in [-0.05, 0) is 101 Å². The largest absolute Gasteiger partial charge is 0.309 e. The van der Waals surface area contributed by atoms with Gasteiger partial charge in [-0.2, -0.15) is 0 Å². The van der Waals surface area contributed by atoms with Crippen molar-refractivity contribution in [2.75, 3.05) is 0 Å². The van der Waals surface area contributed by atoms with Crippen LogP contribution in [0.1, 0.15) is 0 Å². The van der Waals surface area contributed by atoms with Crippen LogP contribution in [0.15, 0.2) is 218 Å².